The van der Waals surface area contributed by atoms with E-state index in [0.29, 0.717) is 11.6 Å². The van der Waals surface area contributed by atoms with Crippen LogP contribution in [-0.4, -0.2) is 38.0 Å². The summed E-state index contributed by atoms with van der Waals surface area (Å²) in [5.41, 5.74) is 3.83. The zero-order valence-corrected chi connectivity index (χ0v) is 10.7. The molecule has 1 aliphatic heterocycles. The molecule has 1 aromatic carbocycles. The first-order chi connectivity index (χ1) is 8.06. The minimum Gasteiger partial charge on any atom is -0.309 e. The number of hydrogen-bond donors (Lipinski definition) is 1. The maximum absolute atomic E-state index is 11.8. The van der Waals surface area contributed by atoms with Crippen molar-refractivity contribution >= 4 is 23.2 Å². The van der Waals surface area contributed by atoms with Crippen LogP contribution < -0.4 is 10.4 Å². The summed E-state index contributed by atoms with van der Waals surface area (Å²) in [5.74, 6) is 0.0920. The molecule has 1 heterocycles. The third-order valence-corrected chi connectivity index (χ3v) is 2.99. The molecule has 0 aromatic heterocycles. The molecule has 1 unspecified atom stereocenters. The molecule has 0 saturated carbocycles. The highest BCUT2D eigenvalue weighted by Gasteiger charge is 2.30. The molecule has 0 radical (unpaired) electrons. The fraction of sp³-hybridized carbons (Fsp3) is 0.417. The van der Waals surface area contributed by atoms with E-state index >= 15 is 0 Å². The molecular weight excluding hydrogens is 238 g/mol. The van der Waals surface area contributed by atoms with Crippen LogP contribution in [0.15, 0.2) is 24.3 Å². The number of nitrogens with zero attached hydrogens (tertiary/aromatic N) is 2. The number of nitrogens with one attached hydrogen (secondary N) is 1. The number of carbonyl (C=O) groups excluding carboxylic acids is 1. The maximum atomic E-state index is 11.8. The van der Waals surface area contributed by atoms with Crippen LogP contribution in [0.25, 0.3) is 0 Å². The molecule has 0 aliphatic carbocycles. The van der Waals surface area contributed by atoms with E-state index in [9.17, 15) is 4.79 Å². The molecule has 1 saturated heterocycles. The van der Waals surface area contributed by atoms with Crippen molar-refractivity contribution in [3.8, 4) is 0 Å². The summed E-state index contributed by atoms with van der Waals surface area (Å²) in [6, 6.07) is 7.45. The molecule has 0 spiro atoms. The van der Waals surface area contributed by atoms with Gasteiger partial charge in [-0.3, -0.25) is 15.2 Å². The van der Waals surface area contributed by atoms with Gasteiger partial charge in [0.1, 0.15) is 0 Å². The summed E-state index contributed by atoms with van der Waals surface area (Å²) in [6.45, 7) is 1.45. The van der Waals surface area contributed by atoms with Crippen LogP contribution in [0.4, 0.5) is 5.69 Å². The average molecular weight is 254 g/mol. The first kappa shape index (κ1) is 12.2. The fourth-order valence-electron chi connectivity index (χ4n) is 1.95. The lowest BCUT2D eigenvalue weighted by Gasteiger charge is -2.18. The molecule has 1 aromatic rings. The van der Waals surface area contributed by atoms with E-state index in [2.05, 4.69) is 5.43 Å². The molecule has 4 nitrogen and oxygen atoms in total. The summed E-state index contributed by atoms with van der Waals surface area (Å²) in [6.07, 6.45) is 0. The molecule has 1 N–H and O–H groups in total. The van der Waals surface area contributed by atoms with Crippen molar-refractivity contribution in [2.75, 3.05) is 32.2 Å². The van der Waals surface area contributed by atoms with E-state index in [-0.39, 0.29) is 11.8 Å². The van der Waals surface area contributed by atoms with Crippen LogP contribution in [0, 0.1) is 5.92 Å². The normalized spacial score (nSPS) is 19.9. The Bertz CT molecular complexity index is 405. The van der Waals surface area contributed by atoms with Crippen molar-refractivity contribution in [2.45, 2.75) is 0 Å². The van der Waals surface area contributed by atoms with Gasteiger partial charge in [-0.2, -0.15) is 0 Å². The Morgan fingerprint density at radius 1 is 1.41 bits per heavy atom. The van der Waals surface area contributed by atoms with Crippen LogP contribution >= 0.6 is 11.6 Å². The minimum atomic E-state index is 0.0145. The van der Waals surface area contributed by atoms with Gasteiger partial charge < -0.3 is 4.90 Å². The number of anilines is 1. The minimum absolute atomic E-state index is 0.0145. The number of halogens is 1. The Morgan fingerprint density at radius 2 is 2.06 bits per heavy atom. The molecular formula is C12H16ClN3O. The highest BCUT2D eigenvalue weighted by Crippen LogP contribution is 2.21. The van der Waals surface area contributed by atoms with Crippen molar-refractivity contribution in [3.63, 3.8) is 0 Å². The number of hydrogen-bond acceptors (Lipinski definition) is 3. The molecule has 1 fully saturated rings. The van der Waals surface area contributed by atoms with Crippen molar-refractivity contribution in [1.29, 1.82) is 0 Å². The highest BCUT2D eigenvalue weighted by atomic mass is 35.5. The van der Waals surface area contributed by atoms with E-state index in [1.807, 2.05) is 48.3 Å². The van der Waals surface area contributed by atoms with Crippen molar-refractivity contribution in [2.24, 2.45) is 5.92 Å². The molecule has 17 heavy (non-hydrogen) atoms. The van der Waals surface area contributed by atoms with Crippen molar-refractivity contribution in [1.82, 2.24) is 10.3 Å². The Labute approximate surface area is 106 Å². The Morgan fingerprint density at radius 3 is 2.65 bits per heavy atom. The van der Waals surface area contributed by atoms with E-state index in [1.54, 1.807) is 0 Å². The van der Waals surface area contributed by atoms with Gasteiger partial charge in [-0.05, 0) is 38.4 Å². The topological polar surface area (TPSA) is 35.6 Å². The van der Waals surface area contributed by atoms with Gasteiger partial charge in [0.25, 0.3) is 0 Å². The Hall–Kier alpha value is -1.26. The van der Waals surface area contributed by atoms with Gasteiger partial charge in [0, 0.05) is 11.6 Å². The van der Waals surface area contributed by atoms with Crippen LogP contribution in [0.2, 0.25) is 5.02 Å². The van der Waals surface area contributed by atoms with Crippen LogP contribution in [0.5, 0.6) is 0 Å². The summed E-state index contributed by atoms with van der Waals surface area (Å²) in [5, 5.41) is 2.57. The zero-order valence-electron chi connectivity index (χ0n) is 9.98. The Kier molecular flexibility index (Phi) is 3.54. The summed E-state index contributed by atoms with van der Waals surface area (Å²) < 4.78 is 0. The SMILES string of the molecule is CN(C)CC1CN(c2ccc(Cl)cc2)NC1=O. The van der Waals surface area contributed by atoms with Gasteiger partial charge in [0.15, 0.2) is 0 Å². The second-order valence-electron chi connectivity index (χ2n) is 4.52. The van der Waals surface area contributed by atoms with Gasteiger partial charge in [0.2, 0.25) is 5.91 Å². The first-order valence-corrected chi connectivity index (χ1v) is 5.92. The van der Waals surface area contributed by atoms with Gasteiger partial charge in [-0.1, -0.05) is 11.6 Å². The second-order valence-corrected chi connectivity index (χ2v) is 4.96. The number of benzene rings is 1. The molecule has 92 valence electrons. The average Bonchev–Trinajstić information content (AvgIpc) is 2.60. The molecule has 1 aliphatic rings. The predicted octanol–water partition coefficient (Wildman–Crippen LogP) is 1.37. The van der Waals surface area contributed by atoms with Crippen LogP contribution in [-0.2, 0) is 4.79 Å². The third kappa shape index (κ3) is 2.90. The maximum Gasteiger partial charge on any atom is 0.244 e. The number of carbonyl (C=O) groups is 1. The fourth-order valence-corrected chi connectivity index (χ4v) is 2.07. The Balaban J connectivity index is 2.05. The lowest BCUT2D eigenvalue weighted by molar-refractivity contribution is -0.122. The van der Waals surface area contributed by atoms with Gasteiger partial charge in [-0.15, -0.1) is 0 Å². The third-order valence-electron chi connectivity index (χ3n) is 2.74. The van der Waals surface area contributed by atoms with Crippen LogP contribution in [0.3, 0.4) is 0 Å². The molecule has 1 amide bonds. The first-order valence-electron chi connectivity index (χ1n) is 5.54. The number of amides is 1. The monoisotopic (exact) mass is 253 g/mol. The van der Waals surface area contributed by atoms with Crippen molar-refractivity contribution in [3.05, 3.63) is 29.3 Å². The van der Waals surface area contributed by atoms with Crippen LogP contribution in [0.1, 0.15) is 0 Å². The standard InChI is InChI=1S/C12H16ClN3O/c1-15(2)7-9-8-16(14-12(9)17)11-5-3-10(13)4-6-11/h3-6,9H,7-8H2,1-2H3,(H,14,17). The largest absolute Gasteiger partial charge is 0.309 e. The van der Waals surface area contributed by atoms with E-state index in [0.717, 1.165) is 12.2 Å². The summed E-state index contributed by atoms with van der Waals surface area (Å²) in [7, 11) is 3.94. The lowest BCUT2D eigenvalue weighted by Crippen LogP contribution is -2.33. The highest BCUT2D eigenvalue weighted by molar-refractivity contribution is 6.30. The molecule has 5 heteroatoms. The second kappa shape index (κ2) is 4.94. The number of hydrazine groups is 1. The van der Waals surface area contributed by atoms with E-state index < -0.39 is 0 Å². The van der Waals surface area contributed by atoms with E-state index in [4.69, 9.17) is 11.6 Å². The smallest absolute Gasteiger partial charge is 0.244 e. The van der Waals surface area contributed by atoms with Gasteiger partial charge in [0.05, 0.1) is 18.2 Å². The van der Waals surface area contributed by atoms with Crippen molar-refractivity contribution < 1.29 is 4.79 Å². The van der Waals surface area contributed by atoms with Gasteiger partial charge in [-0.25, -0.2) is 0 Å². The lowest BCUT2D eigenvalue weighted by atomic mass is 10.1. The van der Waals surface area contributed by atoms with E-state index in [1.165, 1.54) is 0 Å². The quantitative estimate of drug-likeness (QED) is 0.884. The zero-order chi connectivity index (χ0) is 12.4. The summed E-state index contributed by atoms with van der Waals surface area (Å²) >= 11 is 5.83. The molecule has 0 bridgehead atoms. The van der Waals surface area contributed by atoms with Gasteiger partial charge >= 0.3 is 0 Å². The predicted molar refractivity (Wildman–Crippen MR) is 69.0 cm³/mol. The molecule has 1 atom stereocenters. The molecule has 2 rings (SSSR count). The summed E-state index contributed by atoms with van der Waals surface area (Å²) in [4.78, 5) is 13.8. The number of rotatable bonds is 3.